The van der Waals surface area contributed by atoms with Crippen LogP contribution in [-0.2, 0) is 6.42 Å². The van der Waals surface area contributed by atoms with Gasteiger partial charge in [0, 0.05) is 29.9 Å². The van der Waals surface area contributed by atoms with Gasteiger partial charge in [-0.2, -0.15) is 0 Å². The maximum Gasteiger partial charge on any atom is 0.271 e. The normalized spacial score (nSPS) is 15.3. The van der Waals surface area contributed by atoms with E-state index in [2.05, 4.69) is 20.3 Å². The molecule has 1 aliphatic rings. The summed E-state index contributed by atoms with van der Waals surface area (Å²) in [5.41, 5.74) is 3.38. The summed E-state index contributed by atoms with van der Waals surface area (Å²) in [7, 11) is 0. The highest BCUT2D eigenvalue weighted by Gasteiger charge is 2.25. The number of carbonyl (C=O) groups is 1. The van der Waals surface area contributed by atoms with Gasteiger partial charge in [-0.15, -0.1) is 0 Å². The smallest absolute Gasteiger partial charge is 0.271 e. The van der Waals surface area contributed by atoms with Crippen molar-refractivity contribution in [2.45, 2.75) is 32.4 Å². The van der Waals surface area contributed by atoms with E-state index in [1.165, 1.54) is 12.4 Å². The highest BCUT2D eigenvalue weighted by atomic mass is 16.5. The lowest BCUT2D eigenvalue weighted by atomic mass is 9.93. The van der Waals surface area contributed by atoms with Gasteiger partial charge in [0.2, 0.25) is 5.88 Å². The number of ether oxygens (including phenoxy) is 2. The van der Waals surface area contributed by atoms with Crippen LogP contribution in [-0.4, -0.2) is 39.6 Å². The first-order chi connectivity index (χ1) is 14.1. The van der Waals surface area contributed by atoms with Gasteiger partial charge in [0.25, 0.3) is 5.91 Å². The topological polar surface area (TPSA) is 86.2 Å². The number of amides is 1. The minimum Gasteiger partial charge on any atom is -0.491 e. The molecule has 0 spiro atoms. The summed E-state index contributed by atoms with van der Waals surface area (Å²) in [6, 6.07) is 9.72. The van der Waals surface area contributed by atoms with Crippen LogP contribution in [0.3, 0.4) is 0 Å². The fourth-order valence-corrected chi connectivity index (χ4v) is 3.29. The lowest BCUT2D eigenvalue weighted by molar-refractivity contribution is 0.0909. The Bertz CT molecular complexity index is 991. The van der Waals surface area contributed by atoms with Gasteiger partial charge in [-0.1, -0.05) is 18.2 Å². The van der Waals surface area contributed by atoms with Crippen LogP contribution in [0.1, 0.15) is 29.9 Å². The fourth-order valence-electron chi connectivity index (χ4n) is 3.29. The molecule has 0 radical (unpaired) electrons. The van der Waals surface area contributed by atoms with Crippen LogP contribution in [0.15, 0.2) is 55.1 Å². The summed E-state index contributed by atoms with van der Waals surface area (Å²) < 4.78 is 11.4. The minimum absolute atomic E-state index is 0.00237. The number of benzene rings is 1. The molecule has 7 nitrogen and oxygen atoms in total. The van der Waals surface area contributed by atoms with Crippen molar-refractivity contribution in [2.24, 2.45) is 0 Å². The molecule has 1 aliphatic heterocycles. The zero-order valence-electron chi connectivity index (χ0n) is 16.3. The van der Waals surface area contributed by atoms with Gasteiger partial charge < -0.3 is 14.8 Å². The van der Waals surface area contributed by atoms with Gasteiger partial charge in [-0.05, 0) is 31.5 Å². The molecule has 0 aliphatic carbocycles. The number of aromatic nitrogens is 3. The molecule has 0 fully saturated rings. The molecule has 0 saturated carbocycles. The Kier molecular flexibility index (Phi) is 5.37. The molecular weight excluding hydrogens is 368 g/mol. The van der Waals surface area contributed by atoms with Crippen molar-refractivity contribution in [3.05, 3.63) is 66.4 Å². The molecular formula is C22H22N4O3. The quantitative estimate of drug-likeness (QED) is 0.721. The molecule has 3 aromatic rings. The van der Waals surface area contributed by atoms with E-state index in [1.54, 1.807) is 6.20 Å². The van der Waals surface area contributed by atoms with Gasteiger partial charge in [0.05, 0.1) is 24.5 Å². The minimum atomic E-state index is -0.287. The highest BCUT2D eigenvalue weighted by Crippen LogP contribution is 2.34. The van der Waals surface area contributed by atoms with Gasteiger partial charge in [0.1, 0.15) is 18.1 Å². The van der Waals surface area contributed by atoms with Gasteiger partial charge in [0.15, 0.2) is 0 Å². The molecule has 1 N–H and O–H groups in total. The summed E-state index contributed by atoms with van der Waals surface area (Å²) in [6.07, 6.45) is 7.12. The molecule has 1 atom stereocenters. The molecule has 0 bridgehead atoms. The van der Waals surface area contributed by atoms with E-state index in [0.717, 1.165) is 22.4 Å². The first-order valence-corrected chi connectivity index (χ1v) is 9.55. The number of nitrogens with one attached hydrogen (secondary N) is 1. The van der Waals surface area contributed by atoms with Gasteiger partial charge in [-0.25, -0.2) is 9.97 Å². The standard InChI is InChI=1S/C22H22N4O3/c1-14(2)29-21-12-24-19(11-25-21)22(27)26-16-9-18-17(15-5-4-8-23-10-15)6-3-7-20(18)28-13-16/h3-8,10-12,14,16H,9,13H2,1-2H3,(H,26,27)/t16-/m0/s1. The molecule has 1 aromatic carbocycles. The van der Waals surface area contributed by atoms with Crippen molar-refractivity contribution in [3.8, 4) is 22.8 Å². The van der Waals surface area contributed by atoms with E-state index in [0.29, 0.717) is 18.9 Å². The van der Waals surface area contributed by atoms with Crippen LogP contribution < -0.4 is 14.8 Å². The zero-order valence-corrected chi connectivity index (χ0v) is 16.3. The van der Waals surface area contributed by atoms with E-state index in [1.807, 2.05) is 50.4 Å². The van der Waals surface area contributed by atoms with Crippen molar-refractivity contribution in [1.82, 2.24) is 20.3 Å². The Labute approximate surface area is 169 Å². The van der Waals surface area contributed by atoms with Crippen LogP contribution in [0.4, 0.5) is 0 Å². The van der Waals surface area contributed by atoms with Crippen LogP contribution in [0.2, 0.25) is 0 Å². The second-order valence-electron chi connectivity index (χ2n) is 7.12. The predicted molar refractivity (Wildman–Crippen MR) is 108 cm³/mol. The maximum atomic E-state index is 12.6. The summed E-state index contributed by atoms with van der Waals surface area (Å²) in [5, 5.41) is 2.99. The SMILES string of the molecule is CC(C)Oc1cnc(C(=O)N[C@@H]2COc3cccc(-c4cccnc4)c3C2)cn1. The van der Waals surface area contributed by atoms with E-state index in [-0.39, 0.29) is 23.7 Å². The summed E-state index contributed by atoms with van der Waals surface area (Å²) in [4.78, 5) is 25.1. The van der Waals surface area contributed by atoms with E-state index < -0.39 is 0 Å². The molecule has 0 saturated heterocycles. The first-order valence-electron chi connectivity index (χ1n) is 9.55. The second-order valence-corrected chi connectivity index (χ2v) is 7.12. The Morgan fingerprint density at radius 2 is 2.07 bits per heavy atom. The summed E-state index contributed by atoms with van der Waals surface area (Å²) in [6.45, 7) is 4.21. The van der Waals surface area contributed by atoms with Gasteiger partial charge >= 0.3 is 0 Å². The van der Waals surface area contributed by atoms with Crippen molar-refractivity contribution in [1.29, 1.82) is 0 Å². The molecule has 29 heavy (non-hydrogen) atoms. The van der Waals surface area contributed by atoms with Crippen LogP contribution in [0, 0.1) is 0 Å². The first kappa shape index (κ1) is 18.9. The van der Waals surface area contributed by atoms with Crippen LogP contribution in [0.5, 0.6) is 11.6 Å². The summed E-state index contributed by atoms with van der Waals surface area (Å²) >= 11 is 0. The largest absolute Gasteiger partial charge is 0.491 e. The Morgan fingerprint density at radius 3 is 2.79 bits per heavy atom. The Morgan fingerprint density at radius 1 is 1.17 bits per heavy atom. The number of fused-ring (bicyclic) bond motifs is 1. The average Bonchev–Trinajstić information content (AvgIpc) is 2.74. The predicted octanol–water partition coefficient (Wildman–Crippen LogP) is 3.06. The molecule has 2 aromatic heterocycles. The van der Waals surface area contributed by atoms with Gasteiger partial charge in [-0.3, -0.25) is 9.78 Å². The third-order valence-electron chi connectivity index (χ3n) is 4.55. The van der Waals surface area contributed by atoms with Crippen LogP contribution in [0.25, 0.3) is 11.1 Å². The number of hydrogen-bond donors (Lipinski definition) is 1. The lowest BCUT2D eigenvalue weighted by Gasteiger charge is -2.27. The molecule has 148 valence electrons. The van der Waals surface area contributed by atoms with E-state index in [9.17, 15) is 4.79 Å². The maximum absolute atomic E-state index is 12.6. The molecule has 0 unspecified atom stereocenters. The molecule has 1 amide bonds. The third-order valence-corrected chi connectivity index (χ3v) is 4.55. The molecule has 7 heteroatoms. The number of carbonyl (C=O) groups excluding carboxylic acids is 1. The second kappa shape index (κ2) is 8.26. The lowest BCUT2D eigenvalue weighted by Crippen LogP contribution is -2.43. The van der Waals surface area contributed by atoms with Crippen molar-refractivity contribution in [2.75, 3.05) is 6.61 Å². The third kappa shape index (κ3) is 4.34. The Hall–Kier alpha value is -3.48. The Balaban J connectivity index is 1.48. The fraction of sp³-hybridized carbons (Fsp3) is 0.273. The summed E-state index contributed by atoms with van der Waals surface area (Å²) in [5.74, 6) is 0.948. The van der Waals surface area contributed by atoms with Crippen molar-refractivity contribution >= 4 is 5.91 Å². The highest BCUT2D eigenvalue weighted by molar-refractivity contribution is 5.92. The zero-order chi connectivity index (χ0) is 20.2. The number of rotatable bonds is 5. The van der Waals surface area contributed by atoms with E-state index in [4.69, 9.17) is 9.47 Å². The van der Waals surface area contributed by atoms with Crippen molar-refractivity contribution in [3.63, 3.8) is 0 Å². The number of hydrogen-bond acceptors (Lipinski definition) is 6. The molecule has 3 heterocycles. The van der Waals surface area contributed by atoms with E-state index >= 15 is 0 Å². The number of nitrogens with zero attached hydrogens (tertiary/aromatic N) is 3. The monoisotopic (exact) mass is 390 g/mol. The average molecular weight is 390 g/mol. The van der Waals surface area contributed by atoms with Crippen LogP contribution >= 0.6 is 0 Å². The van der Waals surface area contributed by atoms with Crippen molar-refractivity contribution < 1.29 is 14.3 Å². The molecule has 4 rings (SSSR count). The number of pyridine rings is 1.